The molecular weight excluding hydrogens is 280 g/mol. The third-order valence-electron chi connectivity index (χ3n) is 2.94. The molecule has 2 rings (SSSR count). The molecule has 1 aliphatic rings. The molecule has 1 saturated heterocycles. The second kappa shape index (κ2) is 7.11. The van der Waals surface area contributed by atoms with Gasteiger partial charge >= 0.3 is 0 Å². The minimum Gasteiger partial charge on any atom is -0.379 e. The zero-order valence-corrected chi connectivity index (χ0v) is 11.5. The van der Waals surface area contributed by atoms with E-state index in [0.29, 0.717) is 6.04 Å². The third-order valence-corrected chi connectivity index (χ3v) is 3.71. The van der Waals surface area contributed by atoms with Crippen LogP contribution >= 0.6 is 15.9 Å². The molecule has 94 valence electrons. The van der Waals surface area contributed by atoms with Crippen LogP contribution in [0.3, 0.4) is 0 Å². The van der Waals surface area contributed by atoms with Gasteiger partial charge in [0.15, 0.2) is 0 Å². The molecule has 0 aromatic heterocycles. The summed E-state index contributed by atoms with van der Waals surface area (Å²) in [5.74, 6) is 0. The predicted molar refractivity (Wildman–Crippen MR) is 73.1 cm³/mol. The number of nitrogens with one attached hydrogen (secondary N) is 2. The van der Waals surface area contributed by atoms with Crippen molar-refractivity contribution in [3.63, 3.8) is 0 Å². The van der Waals surface area contributed by atoms with E-state index < -0.39 is 0 Å². The molecule has 1 aromatic rings. The molecule has 0 radical (unpaired) electrons. The Hall–Kier alpha value is -0.420. The van der Waals surface area contributed by atoms with Crippen molar-refractivity contribution in [2.24, 2.45) is 0 Å². The summed E-state index contributed by atoms with van der Waals surface area (Å²) >= 11 is 3.55. The topological polar surface area (TPSA) is 33.3 Å². The highest BCUT2D eigenvalue weighted by atomic mass is 79.9. The van der Waals surface area contributed by atoms with E-state index in [1.165, 1.54) is 10.0 Å². The number of ether oxygens (including phenoxy) is 1. The Morgan fingerprint density at radius 2 is 2.29 bits per heavy atom. The van der Waals surface area contributed by atoms with Crippen molar-refractivity contribution in [1.29, 1.82) is 0 Å². The summed E-state index contributed by atoms with van der Waals surface area (Å²) in [4.78, 5) is 0. The molecule has 17 heavy (non-hydrogen) atoms. The molecule has 1 aromatic carbocycles. The highest BCUT2D eigenvalue weighted by molar-refractivity contribution is 9.10. The Morgan fingerprint density at radius 3 is 3.06 bits per heavy atom. The lowest BCUT2D eigenvalue weighted by atomic mass is 10.2. The van der Waals surface area contributed by atoms with E-state index in [4.69, 9.17) is 4.74 Å². The first-order chi connectivity index (χ1) is 8.36. The van der Waals surface area contributed by atoms with Gasteiger partial charge in [-0.25, -0.2) is 0 Å². The first-order valence-corrected chi connectivity index (χ1v) is 6.91. The van der Waals surface area contributed by atoms with Crippen molar-refractivity contribution in [3.05, 3.63) is 34.3 Å². The highest BCUT2D eigenvalue weighted by Gasteiger charge is 2.11. The number of hydrogen-bond donors (Lipinski definition) is 2. The second-order valence-corrected chi connectivity index (χ2v) is 5.14. The van der Waals surface area contributed by atoms with Gasteiger partial charge in [0, 0.05) is 23.6 Å². The van der Waals surface area contributed by atoms with E-state index in [2.05, 4.69) is 44.8 Å². The summed E-state index contributed by atoms with van der Waals surface area (Å²) in [7, 11) is 0. The van der Waals surface area contributed by atoms with Crippen molar-refractivity contribution < 1.29 is 4.74 Å². The maximum atomic E-state index is 5.42. The molecule has 0 spiro atoms. The standard InChI is InChI=1S/C13H19BrN2O/c14-13-4-2-1-3-11(13)9-15-6-5-12-10-17-8-7-16-12/h1-4,12,15-16H,5-10H2. The SMILES string of the molecule is Brc1ccccc1CNCCC1COCCN1. The minimum atomic E-state index is 0.510. The van der Waals surface area contributed by atoms with Gasteiger partial charge in [0.2, 0.25) is 0 Å². The zero-order valence-electron chi connectivity index (χ0n) is 9.92. The summed E-state index contributed by atoms with van der Waals surface area (Å²) < 4.78 is 6.59. The molecule has 1 heterocycles. The van der Waals surface area contributed by atoms with Crippen LogP contribution in [0.2, 0.25) is 0 Å². The number of rotatable bonds is 5. The fourth-order valence-corrected chi connectivity index (χ4v) is 2.37. The van der Waals surface area contributed by atoms with E-state index in [-0.39, 0.29) is 0 Å². The summed E-state index contributed by atoms with van der Waals surface area (Å²) in [5, 5.41) is 6.92. The smallest absolute Gasteiger partial charge is 0.0620 e. The Bertz CT molecular complexity index is 340. The molecular formula is C13H19BrN2O. The van der Waals surface area contributed by atoms with E-state index in [9.17, 15) is 0 Å². The third kappa shape index (κ3) is 4.39. The lowest BCUT2D eigenvalue weighted by Gasteiger charge is -2.23. The molecule has 0 saturated carbocycles. The summed E-state index contributed by atoms with van der Waals surface area (Å²) in [5.41, 5.74) is 1.31. The zero-order chi connectivity index (χ0) is 11.9. The lowest BCUT2D eigenvalue weighted by Crippen LogP contribution is -2.42. The van der Waals surface area contributed by atoms with Crippen LogP contribution in [0.1, 0.15) is 12.0 Å². The predicted octanol–water partition coefficient (Wildman–Crippen LogP) is 1.92. The average molecular weight is 299 g/mol. The van der Waals surface area contributed by atoms with Crippen molar-refractivity contribution in [2.45, 2.75) is 19.0 Å². The molecule has 1 unspecified atom stereocenters. The number of halogens is 1. The van der Waals surface area contributed by atoms with Crippen LogP contribution in [0.4, 0.5) is 0 Å². The Labute approximate surface area is 111 Å². The van der Waals surface area contributed by atoms with Gasteiger partial charge in [-0.15, -0.1) is 0 Å². The molecule has 4 heteroatoms. The fourth-order valence-electron chi connectivity index (χ4n) is 1.95. The highest BCUT2D eigenvalue weighted by Crippen LogP contribution is 2.15. The van der Waals surface area contributed by atoms with E-state index in [1.807, 2.05) is 6.07 Å². The van der Waals surface area contributed by atoms with Crippen LogP contribution in [0.15, 0.2) is 28.7 Å². The van der Waals surface area contributed by atoms with E-state index >= 15 is 0 Å². The maximum Gasteiger partial charge on any atom is 0.0620 e. The summed E-state index contributed by atoms with van der Waals surface area (Å²) in [6.45, 7) is 4.60. The van der Waals surface area contributed by atoms with Crippen molar-refractivity contribution in [1.82, 2.24) is 10.6 Å². The molecule has 1 fully saturated rings. The quantitative estimate of drug-likeness (QED) is 0.815. The Morgan fingerprint density at radius 1 is 1.41 bits per heavy atom. The monoisotopic (exact) mass is 298 g/mol. The second-order valence-electron chi connectivity index (χ2n) is 4.28. The van der Waals surface area contributed by atoms with Crippen molar-refractivity contribution in [2.75, 3.05) is 26.3 Å². The summed E-state index contributed by atoms with van der Waals surface area (Å²) in [6, 6.07) is 8.83. The van der Waals surface area contributed by atoms with Crippen LogP contribution in [-0.4, -0.2) is 32.3 Å². The molecule has 0 aliphatic carbocycles. The van der Waals surface area contributed by atoms with E-state index in [0.717, 1.165) is 39.3 Å². The first-order valence-electron chi connectivity index (χ1n) is 6.11. The minimum absolute atomic E-state index is 0.510. The first kappa shape index (κ1) is 13.0. The number of hydrogen-bond acceptors (Lipinski definition) is 3. The van der Waals surface area contributed by atoms with Gasteiger partial charge in [-0.3, -0.25) is 0 Å². The van der Waals surface area contributed by atoms with Gasteiger partial charge in [0.05, 0.1) is 13.2 Å². The number of benzene rings is 1. The van der Waals surface area contributed by atoms with Gasteiger partial charge in [-0.1, -0.05) is 34.1 Å². The van der Waals surface area contributed by atoms with Gasteiger partial charge in [0.1, 0.15) is 0 Å². The summed E-state index contributed by atoms with van der Waals surface area (Å²) in [6.07, 6.45) is 1.12. The van der Waals surface area contributed by atoms with Gasteiger partial charge in [-0.2, -0.15) is 0 Å². The lowest BCUT2D eigenvalue weighted by molar-refractivity contribution is 0.0742. The fraction of sp³-hybridized carbons (Fsp3) is 0.538. The van der Waals surface area contributed by atoms with E-state index in [1.54, 1.807) is 0 Å². The molecule has 3 nitrogen and oxygen atoms in total. The molecule has 0 bridgehead atoms. The Balaban J connectivity index is 1.64. The van der Waals surface area contributed by atoms with Gasteiger partial charge in [-0.05, 0) is 24.6 Å². The number of morpholine rings is 1. The molecule has 1 aliphatic heterocycles. The molecule has 1 atom stereocenters. The van der Waals surface area contributed by atoms with Crippen molar-refractivity contribution >= 4 is 15.9 Å². The normalized spacial score (nSPS) is 20.4. The largest absolute Gasteiger partial charge is 0.379 e. The van der Waals surface area contributed by atoms with Crippen molar-refractivity contribution in [3.8, 4) is 0 Å². The Kier molecular flexibility index (Phi) is 5.45. The van der Waals surface area contributed by atoms with Crippen LogP contribution < -0.4 is 10.6 Å². The van der Waals surface area contributed by atoms with Crippen LogP contribution in [-0.2, 0) is 11.3 Å². The average Bonchev–Trinajstić information content (AvgIpc) is 2.38. The van der Waals surface area contributed by atoms with Crippen LogP contribution in [0.25, 0.3) is 0 Å². The maximum absolute atomic E-state index is 5.42. The van der Waals surface area contributed by atoms with Crippen LogP contribution in [0, 0.1) is 0 Å². The molecule has 2 N–H and O–H groups in total. The molecule has 0 amide bonds. The van der Waals surface area contributed by atoms with Crippen LogP contribution in [0.5, 0.6) is 0 Å². The van der Waals surface area contributed by atoms with Gasteiger partial charge < -0.3 is 15.4 Å². The van der Waals surface area contributed by atoms with Gasteiger partial charge in [0.25, 0.3) is 0 Å².